The Bertz CT molecular complexity index is 1080. The predicted molar refractivity (Wildman–Crippen MR) is 107 cm³/mol. The maximum Gasteiger partial charge on any atom is 0.338 e. The van der Waals surface area contributed by atoms with Crippen molar-refractivity contribution in [1.29, 1.82) is 0 Å². The molecule has 1 aromatic heterocycles. The Kier molecular flexibility index (Phi) is 4.71. The number of nitrogens with zero attached hydrogens (tertiary/aromatic N) is 2. The third-order valence-corrected chi connectivity index (χ3v) is 4.51. The molecular weight excluding hydrogens is 336 g/mol. The zero-order valence-corrected chi connectivity index (χ0v) is 15.1. The highest BCUT2D eigenvalue weighted by Gasteiger charge is 2.19. The Balaban J connectivity index is 1.86. The first-order valence-corrected chi connectivity index (χ1v) is 9.04. The monoisotopic (exact) mass is 356 g/mol. The van der Waals surface area contributed by atoms with Crippen LogP contribution in [0.4, 0.5) is 0 Å². The summed E-state index contributed by atoms with van der Waals surface area (Å²) in [6, 6.07) is 25.8. The highest BCUT2D eigenvalue weighted by atomic mass is 16.5. The van der Waals surface area contributed by atoms with Gasteiger partial charge in [-0.3, -0.25) is 4.68 Å². The third-order valence-electron chi connectivity index (χ3n) is 4.51. The Morgan fingerprint density at radius 3 is 2.44 bits per heavy atom. The molecule has 4 rings (SSSR count). The van der Waals surface area contributed by atoms with Gasteiger partial charge in [-0.25, -0.2) is 4.79 Å². The lowest BCUT2D eigenvalue weighted by molar-refractivity contribution is 0.0527. The summed E-state index contributed by atoms with van der Waals surface area (Å²) in [6.45, 7) is 2.82. The van der Waals surface area contributed by atoms with Crippen LogP contribution in [0.5, 0.6) is 0 Å². The predicted octanol–water partition coefficient (Wildman–Crippen LogP) is 4.93. The van der Waals surface area contributed by atoms with Crippen LogP contribution in [-0.2, 0) is 11.3 Å². The molecule has 4 nitrogen and oxygen atoms in total. The second kappa shape index (κ2) is 7.46. The molecule has 4 aromatic rings. The molecule has 0 amide bonds. The van der Waals surface area contributed by atoms with Gasteiger partial charge in [-0.1, -0.05) is 66.7 Å². The first-order valence-electron chi connectivity index (χ1n) is 9.04. The van der Waals surface area contributed by atoms with Gasteiger partial charge in [0.05, 0.1) is 24.2 Å². The first kappa shape index (κ1) is 17.0. The number of para-hydroxylation sites is 1. The molecule has 0 aliphatic heterocycles. The van der Waals surface area contributed by atoms with E-state index in [4.69, 9.17) is 9.84 Å². The number of ether oxygens (including phenoxy) is 1. The van der Waals surface area contributed by atoms with E-state index >= 15 is 0 Å². The maximum atomic E-state index is 12.4. The molecule has 1 heterocycles. The summed E-state index contributed by atoms with van der Waals surface area (Å²) in [5.41, 5.74) is 4.34. The minimum atomic E-state index is -0.324. The van der Waals surface area contributed by atoms with Crippen LogP contribution < -0.4 is 0 Å². The van der Waals surface area contributed by atoms with Crippen molar-refractivity contribution in [3.63, 3.8) is 0 Å². The SMILES string of the molecule is CCOC(=O)c1ccccc1-c1nn(Cc2ccccc2)c2ccccc12. The quantitative estimate of drug-likeness (QED) is 0.476. The summed E-state index contributed by atoms with van der Waals surface area (Å²) in [7, 11) is 0. The fourth-order valence-corrected chi connectivity index (χ4v) is 3.28. The molecule has 0 radical (unpaired) electrons. The molecule has 0 saturated heterocycles. The van der Waals surface area contributed by atoms with Gasteiger partial charge in [-0.05, 0) is 24.6 Å². The highest BCUT2D eigenvalue weighted by Crippen LogP contribution is 2.31. The Labute approximate surface area is 158 Å². The van der Waals surface area contributed by atoms with Crippen LogP contribution in [0.2, 0.25) is 0 Å². The van der Waals surface area contributed by atoms with Crippen molar-refractivity contribution >= 4 is 16.9 Å². The number of esters is 1. The summed E-state index contributed by atoms with van der Waals surface area (Å²) >= 11 is 0. The van der Waals surface area contributed by atoms with Crippen LogP contribution in [0.15, 0.2) is 78.9 Å². The van der Waals surface area contributed by atoms with E-state index in [1.165, 1.54) is 5.56 Å². The van der Waals surface area contributed by atoms with Crippen LogP contribution in [0.25, 0.3) is 22.2 Å². The van der Waals surface area contributed by atoms with Gasteiger partial charge in [0.2, 0.25) is 0 Å². The lowest BCUT2D eigenvalue weighted by Gasteiger charge is -2.07. The van der Waals surface area contributed by atoms with E-state index in [1.54, 1.807) is 6.07 Å². The number of hydrogen-bond donors (Lipinski definition) is 0. The minimum Gasteiger partial charge on any atom is -0.462 e. The average Bonchev–Trinajstić information content (AvgIpc) is 3.07. The molecule has 134 valence electrons. The molecule has 0 atom stereocenters. The second-order valence-corrected chi connectivity index (χ2v) is 6.28. The molecule has 0 aliphatic carbocycles. The summed E-state index contributed by atoms with van der Waals surface area (Å²) in [6.07, 6.45) is 0. The Morgan fingerprint density at radius 1 is 0.926 bits per heavy atom. The van der Waals surface area contributed by atoms with Gasteiger partial charge in [-0.2, -0.15) is 5.10 Å². The summed E-state index contributed by atoms with van der Waals surface area (Å²) in [5, 5.41) is 5.89. The smallest absolute Gasteiger partial charge is 0.338 e. The van der Waals surface area contributed by atoms with E-state index in [-0.39, 0.29) is 5.97 Å². The lowest BCUT2D eigenvalue weighted by atomic mass is 10.0. The topological polar surface area (TPSA) is 44.1 Å². The molecular formula is C23H20N2O2. The van der Waals surface area contributed by atoms with Crippen LogP contribution in [0.1, 0.15) is 22.8 Å². The summed E-state index contributed by atoms with van der Waals surface area (Å²) < 4.78 is 7.22. The maximum absolute atomic E-state index is 12.4. The molecule has 0 fully saturated rings. The zero-order chi connectivity index (χ0) is 18.6. The number of rotatable bonds is 5. The van der Waals surface area contributed by atoms with Gasteiger partial charge in [-0.15, -0.1) is 0 Å². The van der Waals surface area contributed by atoms with Crippen LogP contribution in [-0.4, -0.2) is 22.4 Å². The van der Waals surface area contributed by atoms with Gasteiger partial charge in [0.25, 0.3) is 0 Å². The highest BCUT2D eigenvalue weighted by molar-refractivity contribution is 6.02. The summed E-state index contributed by atoms with van der Waals surface area (Å²) in [4.78, 5) is 12.4. The molecule has 27 heavy (non-hydrogen) atoms. The van der Waals surface area contributed by atoms with Crippen LogP contribution >= 0.6 is 0 Å². The van der Waals surface area contributed by atoms with E-state index in [0.717, 1.165) is 22.2 Å². The van der Waals surface area contributed by atoms with Gasteiger partial charge < -0.3 is 4.74 Å². The number of carbonyl (C=O) groups excluding carboxylic acids is 1. The molecule has 0 aliphatic rings. The molecule has 0 spiro atoms. The van der Waals surface area contributed by atoms with Gasteiger partial charge >= 0.3 is 5.97 Å². The van der Waals surface area contributed by atoms with Crippen molar-refractivity contribution in [3.8, 4) is 11.3 Å². The molecule has 0 unspecified atom stereocenters. The lowest BCUT2D eigenvalue weighted by Crippen LogP contribution is -2.07. The fourth-order valence-electron chi connectivity index (χ4n) is 3.28. The van der Waals surface area contributed by atoms with Crippen LogP contribution in [0.3, 0.4) is 0 Å². The van der Waals surface area contributed by atoms with E-state index in [2.05, 4.69) is 18.2 Å². The molecule has 4 heteroatoms. The number of hydrogen-bond acceptors (Lipinski definition) is 3. The number of fused-ring (bicyclic) bond motifs is 1. The standard InChI is InChI=1S/C23H20N2O2/c1-2-27-23(26)19-13-7-6-12-18(19)22-20-14-8-9-15-21(20)25(24-22)16-17-10-4-3-5-11-17/h3-15H,2,16H2,1H3. The van der Waals surface area contributed by atoms with Crippen molar-refractivity contribution in [2.24, 2.45) is 0 Å². The molecule has 0 N–H and O–H groups in total. The van der Waals surface area contributed by atoms with E-state index < -0.39 is 0 Å². The van der Waals surface area contributed by atoms with E-state index in [9.17, 15) is 4.79 Å². The molecule has 0 bridgehead atoms. The van der Waals surface area contributed by atoms with Crippen LogP contribution in [0, 0.1) is 0 Å². The average molecular weight is 356 g/mol. The number of aromatic nitrogens is 2. The van der Waals surface area contributed by atoms with Gasteiger partial charge in [0, 0.05) is 10.9 Å². The minimum absolute atomic E-state index is 0.324. The van der Waals surface area contributed by atoms with Crippen molar-refractivity contribution in [3.05, 3.63) is 90.0 Å². The Morgan fingerprint density at radius 2 is 1.63 bits per heavy atom. The van der Waals surface area contributed by atoms with Crippen molar-refractivity contribution in [2.75, 3.05) is 6.61 Å². The zero-order valence-electron chi connectivity index (χ0n) is 15.1. The van der Waals surface area contributed by atoms with Gasteiger partial charge in [0.1, 0.15) is 5.69 Å². The van der Waals surface area contributed by atoms with Crippen molar-refractivity contribution < 1.29 is 9.53 Å². The normalized spacial score (nSPS) is 10.9. The number of carbonyl (C=O) groups is 1. The second-order valence-electron chi connectivity index (χ2n) is 6.28. The third kappa shape index (κ3) is 3.34. The van der Waals surface area contributed by atoms with Crippen molar-refractivity contribution in [1.82, 2.24) is 9.78 Å². The first-order chi connectivity index (χ1) is 13.3. The van der Waals surface area contributed by atoms with E-state index in [1.807, 2.05) is 66.2 Å². The molecule has 3 aromatic carbocycles. The van der Waals surface area contributed by atoms with Gasteiger partial charge in [0.15, 0.2) is 0 Å². The molecule has 0 saturated carbocycles. The van der Waals surface area contributed by atoms with Crippen molar-refractivity contribution in [2.45, 2.75) is 13.5 Å². The fraction of sp³-hybridized carbons (Fsp3) is 0.130. The largest absolute Gasteiger partial charge is 0.462 e. The summed E-state index contributed by atoms with van der Waals surface area (Å²) in [5.74, 6) is -0.324. The Hall–Kier alpha value is -3.40. The number of benzene rings is 3. The van der Waals surface area contributed by atoms with E-state index in [0.29, 0.717) is 18.7 Å².